The van der Waals surface area contributed by atoms with Crippen LogP contribution in [0.4, 0.5) is 13.2 Å². The van der Waals surface area contributed by atoms with Crippen LogP contribution in [-0.4, -0.2) is 32.3 Å². The number of hydrogen-bond acceptors (Lipinski definition) is 8. The predicted molar refractivity (Wildman–Crippen MR) is 128 cm³/mol. The van der Waals surface area contributed by atoms with Gasteiger partial charge in [-0.15, -0.1) is 0 Å². The number of nitrogens with two attached hydrogens (primary N) is 1. The first-order valence-electron chi connectivity index (χ1n) is 11.2. The van der Waals surface area contributed by atoms with Crippen molar-refractivity contribution in [2.75, 3.05) is 6.67 Å². The largest absolute Gasteiger partial charge is 0.482 e. The first-order chi connectivity index (χ1) is 17.1. The average molecular weight is 517 g/mol. The number of alkyl halides is 1. The number of carbonyl (C=O) groups is 1. The van der Waals surface area contributed by atoms with E-state index in [1.165, 1.54) is 24.7 Å². The number of Topliss-reactive ketones (excluding diaryl/α,β-unsaturated/α-hetero) is 1. The van der Waals surface area contributed by atoms with Gasteiger partial charge in [0.2, 0.25) is 5.89 Å². The van der Waals surface area contributed by atoms with Crippen LogP contribution in [0, 0.1) is 24.5 Å². The summed E-state index contributed by atoms with van der Waals surface area (Å²) in [7, 11) is 0. The highest BCUT2D eigenvalue weighted by molar-refractivity contribution is 8.15. The molecule has 36 heavy (non-hydrogen) atoms. The van der Waals surface area contributed by atoms with E-state index in [0.29, 0.717) is 23.6 Å². The van der Waals surface area contributed by atoms with Crippen molar-refractivity contribution in [2.45, 2.75) is 43.6 Å². The van der Waals surface area contributed by atoms with Crippen LogP contribution < -0.4 is 10.5 Å². The van der Waals surface area contributed by atoms with Gasteiger partial charge < -0.3 is 14.9 Å². The summed E-state index contributed by atoms with van der Waals surface area (Å²) in [6, 6.07) is 4.07. The Hall–Kier alpha value is -3.34. The third-order valence-electron chi connectivity index (χ3n) is 6.74. The number of rotatable bonds is 8. The Bertz CT molecular complexity index is 1370. The number of ether oxygens (including phenoxy) is 1. The smallest absolute Gasteiger partial charge is 0.232 e. The molecule has 0 unspecified atom stereocenters. The Morgan fingerprint density at radius 3 is 2.81 bits per heavy atom. The van der Waals surface area contributed by atoms with E-state index in [0.717, 1.165) is 17.8 Å². The number of nitrogens with zero attached hydrogens (tertiary/aromatic N) is 3. The first kappa shape index (κ1) is 24.4. The molecule has 3 atom stereocenters. The second-order valence-electron chi connectivity index (χ2n) is 9.24. The van der Waals surface area contributed by atoms with E-state index < -0.39 is 28.6 Å². The van der Waals surface area contributed by atoms with Gasteiger partial charge >= 0.3 is 0 Å². The number of ketones is 1. The molecule has 0 radical (unpaired) electrons. The number of aryl methyl sites for hydroxylation is 1. The maximum atomic E-state index is 15.0. The fourth-order valence-corrected chi connectivity index (χ4v) is 6.17. The van der Waals surface area contributed by atoms with Crippen molar-refractivity contribution in [1.82, 2.24) is 9.97 Å². The SMILES string of the molecule is Cc1cc(OCc2ncco2)cnc1C(=O)Cc1cc(F)c(F)c([C@@]2(C)N=C(N)S[C@@]3(CF)C[C@H]32)c1. The predicted octanol–water partition coefficient (Wildman–Crippen LogP) is 4.67. The molecule has 188 valence electrons. The molecule has 2 aromatic heterocycles. The molecule has 1 aliphatic carbocycles. The molecule has 5 rings (SSSR count). The Kier molecular flexibility index (Phi) is 6.06. The van der Waals surface area contributed by atoms with Gasteiger partial charge in [-0.1, -0.05) is 11.8 Å². The van der Waals surface area contributed by atoms with E-state index in [2.05, 4.69) is 15.0 Å². The van der Waals surface area contributed by atoms with E-state index in [9.17, 15) is 18.0 Å². The molecular weight excluding hydrogens is 493 g/mol. The Balaban J connectivity index is 1.38. The second kappa shape index (κ2) is 8.95. The Labute approximate surface area is 209 Å². The van der Waals surface area contributed by atoms with E-state index in [1.54, 1.807) is 19.9 Å². The summed E-state index contributed by atoms with van der Waals surface area (Å²) in [5, 5.41) is 0.134. The molecule has 0 spiro atoms. The fourth-order valence-electron chi connectivity index (χ4n) is 4.84. The zero-order valence-corrected chi connectivity index (χ0v) is 20.4. The minimum Gasteiger partial charge on any atom is -0.482 e. The van der Waals surface area contributed by atoms with Crippen molar-refractivity contribution in [1.29, 1.82) is 0 Å². The highest BCUT2D eigenvalue weighted by Gasteiger charge is 2.66. The zero-order chi connectivity index (χ0) is 25.7. The van der Waals surface area contributed by atoms with Crippen molar-refractivity contribution in [2.24, 2.45) is 16.6 Å². The molecule has 1 saturated carbocycles. The van der Waals surface area contributed by atoms with Crippen LogP contribution in [0.3, 0.4) is 0 Å². The van der Waals surface area contributed by atoms with E-state index in [4.69, 9.17) is 14.9 Å². The number of aromatic nitrogens is 2. The van der Waals surface area contributed by atoms with Gasteiger partial charge in [0, 0.05) is 17.9 Å². The Morgan fingerprint density at radius 1 is 1.31 bits per heavy atom. The van der Waals surface area contributed by atoms with E-state index in [-0.39, 0.29) is 46.7 Å². The number of aliphatic imine (C=N–C) groups is 1. The topological polar surface area (TPSA) is 104 Å². The van der Waals surface area contributed by atoms with Crippen LogP contribution in [0.2, 0.25) is 0 Å². The Morgan fingerprint density at radius 2 is 2.11 bits per heavy atom. The molecule has 2 N–H and O–H groups in total. The molecule has 1 aromatic carbocycles. The lowest BCUT2D eigenvalue weighted by atomic mass is 9.84. The van der Waals surface area contributed by atoms with Crippen LogP contribution in [-0.2, 0) is 18.6 Å². The quantitative estimate of drug-likeness (QED) is 0.434. The van der Waals surface area contributed by atoms with Gasteiger partial charge in [-0.25, -0.2) is 23.1 Å². The number of halogens is 3. The second-order valence-corrected chi connectivity index (χ2v) is 10.7. The molecule has 0 saturated heterocycles. The lowest BCUT2D eigenvalue weighted by Crippen LogP contribution is -2.37. The van der Waals surface area contributed by atoms with Crippen LogP contribution in [0.1, 0.15) is 46.4 Å². The molecule has 1 aliphatic heterocycles. The number of pyridine rings is 1. The van der Waals surface area contributed by atoms with Gasteiger partial charge in [0.1, 0.15) is 24.4 Å². The van der Waals surface area contributed by atoms with E-state index in [1.807, 2.05) is 0 Å². The maximum Gasteiger partial charge on any atom is 0.232 e. The number of benzene rings is 1. The summed E-state index contributed by atoms with van der Waals surface area (Å²) in [5.41, 5.74) is 5.68. The third-order valence-corrected chi connectivity index (χ3v) is 8.01. The molecule has 11 heteroatoms. The van der Waals surface area contributed by atoms with Gasteiger partial charge in [-0.3, -0.25) is 9.79 Å². The summed E-state index contributed by atoms with van der Waals surface area (Å²) in [6.45, 7) is 2.80. The van der Waals surface area contributed by atoms with Gasteiger partial charge in [0.15, 0.2) is 29.2 Å². The highest BCUT2D eigenvalue weighted by Crippen LogP contribution is 2.66. The molecule has 3 aromatic rings. The number of oxazole rings is 1. The standard InChI is InChI=1S/C25H23F3N4O3S/c1-13-5-15(35-11-20-30-3-4-34-20)10-31-22(13)18(33)8-14-6-16(21(28)17(27)7-14)24(2)19-9-25(19,12-26)36-23(29)32-24/h3-7,10,19H,8-9,11-12H2,1-2H3,(H2,29,32)/t19-,24+,25+/m0/s1. The summed E-state index contributed by atoms with van der Waals surface area (Å²) in [5.74, 6) is -2.06. The summed E-state index contributed by atoms with van der Waals surface area (Å²) < 4.78 is 53.4. The molecule has 7 nitrogen and oxygen atoms in total. The molecule has 0 amide bonds. The fraction of sp³-hybridized carbons (Fsp3) is 0.360. The monoisotopic (exact) mass is 516 g/mol. The number of carbonyl (C=O) groups excluding carboxylic acids is 1. The van der Waals surface area contributed by atoms with Crippen molar-refractivity contribution in [3.05, 3.63) is 76.8 Å². The van der Waals surface area contributed by atoms with Crippen molar-refractivity contribution >= 4 is 22.7 Å². The van der Waals surface area contributed by atoms with Crippen molar-refractivity contribution in [3.8, 4) is 5.75 Å². The number of hydrogen-bond donors (Lipinski definition) is 1. The average Bonchev–Trinajstić information content (AvgIpc) is 3.34. The number of amidine groups is 1. The van der Waals surface area contributed by atoms with Crippen molar-refractivity contribution < 1.29 is 27.1 Å². The molecule has 2 aliphatic rings. The minimum atomic E-state index is -1.23. The van der Waals surface area contributed by atoms with Crippen LogP contribution >= 0.6 is 11.8 Å². The molecular formula is C25H23F3N4O3S. The van der Waals surface area contributed by atoms with Crippen molar-refractivity contribution in [3.63, 3.8) is 0 Å². The molecule has 3 heterocycles. The lowest BCUT2D eigenvalue weighted by Gasteiger charge is -2.33. The van der Waals surface area contributed by atoms with Gasteiger partial charge in [0.05, 0.1) is 22.7 Å². The van der Waals surface area contributed by atoms with Gasteiger partial charge in [-0.05, 0) is 49.6 Å². The first-order valence-corrected chi connectivity index (χ1v) is 12.1. The maximum absolute atomic E-state index is 15.0. The normalized spacial score (nSPS) is 24.7. The summed E-state index contributed by atoms with van der Waals surface area (Å²) in [4.78, 5) is 25.6. The number of thioether (sulfide) groups is 1. The summed E-state index contributed by atoms with van der Waals surface area (Å²) in [6.07, 6.45) is 4.58. The third kappa shape index (κ3) is 4.25. The van der Waals surface area contributed by atoms with Crippen LogP contribution in [0.5, 0.6) is 5.75 Å². The molecule has 1 fully saturated rings. The summed E-state index contributed by atoms with van der Waals surface area (Å²) >= 11 is 1.14. The van der Waals surface area contributed by atoms with Crippen LogP contribution in [0.15, 0.2) is 46.3 Å². The highest BCUT2D eigenvalue weighted by atomic mass is 32.2. The minimum absolute atomic E-state index is 0.0335. The molecule has 0 bridgehead atoms. The number of fused-ring (bicyclic) bond motifs is 1. The van der Waals surface area contributed by atoms with Gasteiger partial charge in [-0.2, -0.15) is 0 Å². The van der Waals surface area contributed by atoms with Gasteiger partial charge in [0.25, 0.3) is 0 Å². The zero-order valence-electron chi connectivity index (χ0n) is 19.6. The van der Waals surface area contributed by atoms with Crippen LogP contribution in [0.25, 0.3) is 0 Å². The van der Waals surface area contributed by atoms with E-state index >= 15 is 0 Å². The lowest BCUT2D eigenvalue weighted by molar-refractivity contribution is 0.0987.